The van der Waals surface area contributed by atoms with Gasteiger partial charge in [-0.2, -0.15) is 0 Å². The van der Waals surface area contributed by atoms with Gasteiger partial charge in [-0.05, 0) is 74.8 Å². The summed E-state index contributed by atoms with van der Waals surface area (Å²) in [5, 5.41) is 13.1. The Balaban J connectivity index is 1.89. The molecule has 0 bridgehead atoms. The van der Waals surface area contributed by atoms with E-state index in [2.05, 4.69) is 62.9 Å². The highest BCUT2D eigenvalue weighted by Gasteiger charge is 2.55. The maximum Gasteiger partial charge on any atom is 0.314 e. The zero-order valence-corrected chi connectivity index (χ0v) is 17.6. The first kappa shape index (κ1) is 19.4. The molecule has 0 amide bonds. The van der Waals surface area contributed by atoms with Crippen molar-refractivity contribution >= 4 is 16.7 Å². The summed E-state index contributed by atoms with van der Waals surface area (Å²) in [5.41, 5.74) is 1.45. The molecule has 1 N–H and O–H groups in total. The van der Waals surface area contributed by atoms with Gasteiger partial charge in [-0.15, -0.1) is 0 Å². The molecule has 2 aromatic rings. The Morgan fingerprint density at radius 3 is 2.32 bits per heavy atom. The number of carboxylic acids is 1. The lowest BCUT2D eigenvalue weighted by Crippen LogP contribution is -2.57. The summed E-state index contributed by atoms with van der Waals surface area (Å²) in [5.74, 6) is -0.498. The Morgan fingerprint density at radius 1 is 1.04 bits per heavy atom. The number of hydrogen-bond acceptors (Lipinski definition) is 2. The Bertz CT molecular complexity index is 874. The van der Waals surface area contributed by atoms with E-state index in [0.717, 1.165) is 24.8 Å². The summed E-state index contributed by atoms with van der Waals surface area (Å²) < 4.78 is 0. The van der Waals surface area contributed by atoms with E-state index in [-0.39, 0.29) is 5.92 Å². The highest BCUT2D eigenvalue weighted by molar-refractivity contribution is 5.99. The van der Waals surface area contributed by atoms with Crippen molar-refractivity contribution in [3.05, 3.63) is 47.5 Å². The van der Waals surface area contributed by atoms with E-state index in [9.17, 15) is 9.90 Å². The maximum atomic E-state index is 13.0. The molecule has 2 aliphatic rings. The molecule has 0 saturated heterocycles. The highest BCUT2D eigenvalue weighted by atomic mass is 16.4. The predicted molar refractivity (Wildman–Crippen MR) is 115 cm³/mol. The van der Waals surface area contributed by atoms with Crippen LogP contribution in [0.5, 0.6) is 0 Å². The van der Waals surface area contributed by atoms with Crippen molar-refractivity contribution in [1.29, 1.82) is 0 Å². The molecule has 0 heterocycles. The van der Waals surface area contributed by atoms with Gasteiger partial charge in [0.1, 0.15) is 5.41 Å². The number of rotatable bonds is 5. The van der Waals surface area contributed by atoms with Gasteiger partial charge in [-0.1, -0.05) is 49.2 Å². The second kappa shape index (κ2) is 7.18. The molecule has 0 spiro atoms. The molecule has 150 valence electrons. The maximum absolute atomic E-state index is 13.0. The summed E-state index contributed by atoms with van der Waals surface area (Å²) in [6.45, 7) is 9.01. The molecule has 3 nitrogen and oxygen atoms in total. The number of aliphatic carboxylic acids is 1. The first-order valence-corrected chi connectivity index (χ1v) is 10.9. The molecule has 0 aromatic heterocycles. The SMILES string of the molecule is CC(C)N(C(C)C)[C@@H]1CCCC[C@H]1C1(C(=O)O)Cc2cccc3cccc1c23. The van der Waals surface area contributed by atoms with E-state index in [1.807, 2.05) is 6.07 Å². The van der Waals surface area contributed by atoms with Crippen LogP contribution in [0.4, 0.5) is 0 Å². The van der Waals surface area contributed by atoms with E-state index in [0.29, 0.717) is 24.5 Å². The Morgan fingerprint density at radius 2 is 1.68 bits per heavy atom. The fraction of sp³-hybridized carbons (Fsp3) is 0.560. The fourth-order valence-electron chi connectivity index (χ4n) is 6.42. The first-order chi connectivity index (χ1) is 13.4. The van der Waals surface area contributed by atoms with Crippen molar-refractivity contribution in [2.24, 2.45) is 5.92 Å². The molecule has 1 unspecified atom stereocenters. The van der Waals surface area contributed by atoms with Crippen LogP contribution in [0.15, 0.2) is 36.4 Å². The third kappa shape index (κ3) is 2.78. The average molecular weight is 380 g/mol. The third-order valence-electron chi connectivity index (χ3n) is 7.26. The summed E-state index contributed by atoms with van der Waals surface area (Å²) in [4.78, 5) is 15.6. The molecule has 2 aliphatic carbocycles. The summed E-state index contributed by atoms with van der Waals surface area (Å²) >= 11 is 0. The lowest BCUT2D eigenvalue weighted by Gasteiger charge is -2.50. The largest absolute Gasteiger partial charge is 0.481 e. The zero-order chi connectivity index (χ0) is 20.1. The van der Waals surface area contributed by atoms with Gasteiger partial charge in [0.25, 0.3) is 0 Å². The molecule has 28 heavy (non-hydrogen) atoms. The van der Waals surface area contributed by atoms with E-state index < -0.39 is 11.4 Å². The average Bonchev–Trinajstić information content (AvgIpc) is 2.99. The van der Waals surface area contributed by atoms with E-state index in [4.69, 9.17) is 0 Å². The van der Waals surface area contributed by atoms with Gasteiger partial charge < -0.3 is 5.11 Å². The molecular formula is C25H33NO2. The minimum atomic E-state index is -0.809. The Labute approximate surface area is 168 Å². The van der Waals surface area contributed by atoms with Crippen LogP contribution in [0.2, 0.25) is 0 Å². The number of nitrogens with zero attached hydrogens (tertiary/aromatic N) is 1. The zero-order valence-electron chi connectivity index (χ0n) is 17.6. The number of benzene rings is 2. The van der Waals surface area contributed by atoms with Gasteiger partial charge in [0, 0.05) is 18.1 Å². The van der Waals surface area contributed by atoms with Gasteiger partial charge in [0.05, 0.1) is 0 Å². The molecule has 1 fully saturated rings. The second-order valence-electron chi connectivity index (χ2n) is 9.37. The summed E-state index contributed by atoms with van der Waals surface area (Å²) in [6.07, 6.45) is 5.06. The molecule has 0 radical (unpaired) electrons. The number of carbonyl (C=O) groups is 1. The number of carboxylic acid groups (broad SMARTS) is 1. The minimum absolute atomic E-state index is 0.140. The van der Waals surface area contributed by atoms with Crippen LogP contribution in [-0.4, -0.2) is 34.1 Å². The molecule has 2 aromatic carbocycles. The minimum Gasteiger partial charge on any atom is -0.481 e. The second-order valence-corrected chi connectivity index (χ2v) is 9.37. The van der Waals surface area contributed by atoms with Crippen LogP contribution in [0.1, 0.15) is 64.5 Å². The van der Waals surface area contributed by atoms with Crippen LogP contribution >= 0.6 is 0 Å². The van der Waals surface area contributed by atoms with Gasteiger partial charge in [-0.3, -0.25) is 9.69 Å². The molecule has 3 atom stereocenters. The highest BCUT2D eigenvalue weighted by Crippen LogP contribution is 2.52. The van der Waals surface area contributed by atoms with Crippen LogP contribution in [0.25, 0.3) is 10.8 Å². The molecule has 1 saturated carbocycles. The van der Waals surface area contributed by atoms with E-state index >= 15 is 0 Å². The van der Waals surface area contributed by atoms with Crippen LogP contribution < -0.4 is 0 Å². The van der Waals surface area contributed by atoms with Crippen molar-refractivity contribution in [2.75, 3.05) is 0 Å². The summed E-state index contributed by atoms with van der Waals surface area (Å²) in [7, 11) is 0. The van der Waals surface area contributed by atoms with Gasteiger partial charge >= 0.3 is 5.97 Å². The van der Waals surface area contributed by atoms with Crippen molar-refractivity contribution in [1.82, 2.24) is 4.90 Å². The van der Waals surface area contributed by atoms with Gasteiger partial charge in [-0.25, -0.2) is 0 Å². The van der Waals surface area contributed by atoms with Crippen molar-refractivity contribution < 1.29 is 9.90 Å². The molecule has 4 rings (SSSR count). The quantitative estimate of drug-likeness (QED) is 0.756. The van der Waals surface area contributed by atoms with Crippen LogP contribution in [-0.2, 0) is 16.6 Å². The van der Waals surface area contributed by atoms with E-state index in [1.165, 1.54) is 22.8 Å². The van der Waals surface area contributed by atoms with Crippen molar-refractivity contribution in [3.8, 4) is 0 Å². The van der Waals surface area contributed by atoms with Crippen molar-refractivity contribution in [3.63, 3.8) is 0 Å². The lowest BCUT2D eigenvalue weighted by atomic mass is 9.62. The van der Waals surface area contributed by atoms with Crippen LogP contribution in [0.3, 0.4) is 0 Å². The lowest BCUT2D eigenvalue weighted by molar-refractivity contribution is -0.149. The fourth-order valence-corrected chi connectivity index (χ4v) is 6.42. The predicted octanol–water partition coefficient (Wildman–Crippen LogP) is 5.40. The number of hydrogen-bond donors (Lipinski definition) is 1. The normalized spacial score (nSPS) is 27.2. The third-order valence-corrected chi connectivity index (χ3v) is 7.26. The molecule has 3 heteroatoms. The summed E-state index contributed by atoms with van der Waals surface area (Å²) in [6, 6.07) is 13.7. The molecule has 0 aliphatic heterocycles. The molecular weight excluding hydrogens is 346 g/mol. The Kier molecular flexibility index (Phi) is 4.99. The Hall–Kier alpha value is -1.87. The van der Waals surface area contributed by atoms with Crippen molar-refractivity contribution in [2.45, 2.75) is 83.3 Å². The van der Waals surface area contributed by atoms with E-state index in [1.54, 1.807) is 0 Å². The van der Waals surface area contributed by atoms with Gasteiger partial charge in [0.2, 0.25) is 0 Å². The monoisotopic (exact) mass is 379 g/mol. The smallest absolute Gasteiger partial charge is 0.314 e. The standard InChI is InChI=1S/C25H33NO2/c1-16(2)26(17(3)4)22-14-6-5-12-20(22)25(24(27)28)15-19-11-7-9-18-10-8-13-21(25)23(18)19/h7-11,13,16-17,20,22H,5-6,12,14-15H2,1-4H3,(H,27,28)/t20-,22-,25?/m1/s1. The van der Waals surface area contributed by atoms with Crippen LogP contribution in [0, 0.1) is 5.92 Å². The first-order valence-electron chi connectivity index (χ1n) is 10.9. The van der Waals surface area contributed by atoms with Gasteiger partial charge in [0.15, 0.2) is 0 Å². The topological polar surface area (TPSA) is 40.5 Å².